The van der Waals surface area contributed by atoms with Crippen LogP contribution >= 0.6 is 0 Å². The van der Waals surface area contributed by atoms with Gasteiger partial charge in [-0.25, -0.2) is 0 Å². The highest BCUT2D eigenvalue weighted by atomic mass is 16.7. The maximum absolute atomic E-state index is 13.5. The Bertz CT molecular complexity index is 1120. The minimum Gasteiger partial charge on any atom is -0.491 e. The van der Waals surface area contributed by atoms with E-state index in [1.807, 2.05) is 0 Å². The fraction of sp³-hybridized carbons (Fsp3) is 0.500. The van der Waals surface area contributed by atoms with Crippen LogP contribution in [0.4, 0.5) is 5.69 Å². The zero-order valence-electron chi connectivity index (χ0n) is 22.3. The average Bonchev–Trinajstić information content (AvgIpc) is 3.37. The number of fused-ring (bicyclic) bond motifs is 2. The molecule has 0 aliphatic carbocycles. The molecule has 3 atom stereocenters. The Labute approximate surface area is 218 Å². The van der Waals surface area contributed by atoms with Crippen molar-refractivity contribution in [2.75, 3.05) is 52.5 Å². The molecule has 2 aliphatic rings. The molecule has 2 amide bonds. The molecule has 1 N–H and O–H groups in total. The predicted octanol–water partition coefficient (Wildman–Crippen LogP) is 3.88. The highest BCUT2D eigenvalue weighted by Crippen LogP contribution is 2.33. The molecule has 0 fully saturated rings. The van der Waals surface area contributed by atoms with E-state index in [0.29, 0.717) is 47.2 Å². The highest BCUT2D eigenvalue weighted by molar-refractivity contribution is 6.06. The van der Waals surface area contributed by atoms with Crippen LogP contribution in [-0.2, 0) is 4.74 Å². The van der Waals surface area contributed by atoms with Gasteiger partial charge in [0.2, 0.25) is 6.79 Å². The molecule has 0 spiro atoms. The number of anilines is 1. The van der Waals surface area contributed by atoms with E-state index < -0.39 is 0 Å². The van der Waals surface area contributed by atoms with E-state index in [2.05, 4.69) is 31.0 Å². The van der Waals surface area contributed by atoms with Crippen molar-refractivity contribution in [3.8, 4) is 17.2 Å². The molecular weight excluding hydrogens is 474 g/mol. The normalized spacial score (nSPS) is 22.5. The number of hydrogen-bond donors (Lipinski definition) is 1. The van der Waals surface area contributed by atoms with Gasteiger partial charge in [0.1, 0.15) is 12.4 Å². The quantitative estimate of drug-likeness (QED) is 0.652. The summed E-state index contributed by atoms with van der Waals surface area (Å²) in [6.07, 6.45) is 0.925. The van der Waals surface area contributed by atoms with Crippen LogP contribution in [0.25, 0.3) is 0 Å². The Morgan fingerprint density at radius 2 is 1.81 bits per heavy atom. The smallest absolute Gasteiger partial charge is 0.257 e. The van der Waals surface area contributed by atoms with Crippen LogP contribution in [0, 0.1) is 5.92 Å². The maximum Gasteiger partial charge on any atom is 0.257 e. The first-order valence-corrected chi connectivity index (χ1v) is 12.8. The molecule has 200 valence electrons. The van der Waals surface area contributed by atoms with Gasteiger partial charge >= 0.3 is 0 Å². The van der Waals surface area contributed by atoms with Crippen LogP contribution in [0.5, 0.6) is 17.2 Å². The minimum atomic E-state index is -0.315. The van der Waals surface area contributed by atoms with E-state index >= 15 is 0 Å². The SMILES string of the molecule is CCCN1C[C@@H](C)[C@H](OC)CN(C)C(=O)c2cc(NC(=O)c3ccc4c(c3)OCO4)ccc2OC[C@H]1C. The first kappa shape index (κ1) is 26.8. The molecule has 9 nitrogen and oxygen atoms in total. The second kappa shape index (κ2) is 11.8. The van der Waals surface area contributed by atoms with Crippen molar-refractivity contribution >= 4 is 17.5 Å². The number of hydrogen-bond acceptors (Lipinski definition) is 7. The molecule has 2 aliphatic heterocycles. The fourth-order valence-electron chi connectivity index (χ4n) is 4.77. The lowest BCUT2D eigenvalue weighted by molar-refractivity contribution is 0.0107. The second-order valence-corrected chi connectivity index (χ2v) is 9.83. The van der Waals surface area contributed by atoms with E-state index in [1.165, 1.54) is 0 Å². The van der Waals surface area contributed by atoms with Crippen LogP contribution in [0.1, 0.15) is 47.9 Å². The van der Waals surface area contributed by atoms with Crippen molar-refractivity contribution in [3.05, 3.63) is 47.5 Å². The lowest BCUT2D eigenvalue weighted by Gasteiger charge is -2.35. The van der Waals surface area contributed by atoms with Gasteiger partial charge in [0.15, 0.2) is 11.5 Å². The number of carbonyl (C=O) groups is 2. The molecule has 37 heavy (non-hydrogen) atoms. The summed E-state index contributed by atoms with van der Waals surface area (Å²) in [5.41, 5.74) is 1.32. The van der Waals surface area contributed by atoms with Gasteiger partial charge in [0.25, 0.3) is 11.8 Å². The number of rotatable bonds is 5. The summed E-state index contributed by atoms with van der Waals surface area (Å²) in [5, 5.41) is 2.89. The maximum atomic E-state index is 13.5. The van der Waals surface area contributed by atoms with Crippen molar-refractivity contribution < 1.29 is 28.5 Å². The van der Waals surface area contributed by atoms with Gasteiger partial charge in [-0.15, -0.1) is 0 Å². The van der Waals surface area contributed by atoms with Gasteiger partial charge in [-0.3, -0.25) is 14.5 Å². The van der Waals surface area contributed by atoms with Crippen LogP contribution in [0.15, 0.2) is 36.4 Å². The number of nitrogens with one attached hydrogen (secondary N) is 1. The molecule has 9 heteroatoms. The predicted molar refractivity (Wildman–Crippen MR) is 141 cm³/mol. The van der Waals surface area contributed by atoms with Crippen molar-refractivity contribution in [1.82, 2.24) is 9.80 Å². The Hall–Kier alpha value is -3.30. The summed E-state index contributed by atoms with van der Waals surface area (Å²) in [6, 6.07) is 10.3. The molecular formula is C28H37N3O6. The van der Waals surface area contributed by atoms with E-state index in [0.717, 1.165) is 19.5 Å². The van der Waals surface area contributed by atoms with Crippen molar-refractivity contribution in [2.45, 2.75) is 39.3 Å². The second-order valence-electron chi connectivity index (χ2n) is 9.83. The molecule has 2 aromatic carbocycles. The van der Waals surface area contributed by atoms with E-state index in [1.54, 1.807) is 55.5 Å². The summed E-state index contributed by atoms with van der Waals surface area (Å²) in [6.45, 7) is 9.31. The van der Waals surface area contributed by atoms with Crippen molar-refractivity contribution in [2.24, 2.45) is 5.92 Å². The summed E-state index contributed by atoms with van der Waals surface area (Å²) >= 11 is 0. The number of amides is 2. The Kier molecular flexibility index (Phi) is 8.56. The number of carbonyl (C=O) groups excluding carboxylic acids is 2. The number of likely N-dealkylation sites (N-methyl/N-ethyl adjacent to an activating group) is 1. The highest BCUT2D eigenvalue weighted by Gasteiger charge is 2.28. The zero-order chi connectivity index (χ0) is 26.5. The third-order valence-electron chi connectivity index (χ3n) is 6.98. The molecule has 0 aromatic heterocycles. The fourth-order valence-corrected chi connectivity index (χ4v) is 4.77. The lowest BCUT2D eigenvalue weighted by Crippen LogP contribution is -2.46. The van der Waals surface area contributed by atoms with Gasteiger partial charge in [0, 0.05) is 44.5 Å². The molecule has 0 saturated heterocycles. The summed E-state index contributed by atoms with van der Waals surface area (Å²) < 4.78 is 22.7. The Balaban J connectivity index is 1.60. The Morgan fingerprint density at radius 3 is 2.57 bits per heavy atom. The van der Waals surface area contributed by atoms with Gasteiger partial charge < -0.3 is 29.2 Å². The van der Waals surface area contributed by atoms with Crippen LogP contribution in [0.2, 0.25) is 0 Å². The molecule has 2 heterocycles. The summed E-state index contributed by atoms with van der Waals surface area (Å²) in [7, 11) is 3.46. The lowest BCUT2D eigenvalue weighted by atomic mass is 10.0. The molecule has 0 radical (unpaired) electrons. The van der Waals surface area contributed by atoms with Gasteiger partial charge in [0.05, 0.1) is 11.7 Å². The van der Waals surface area contributed by atoms with E-state index in [9.17, 15) is 9.59 Å². The van der Waals surface area contributed by atoms with Crippen molar-refractivity contribution in [3.63, 3.8) is 0 Å². The molecule has 0 bridgehead atoms. The summed E-state index contributed by atoms with van der Waals surface area (Å²) in [5.74, 6) is 1.35. The van der Waals surface area contributed by atoms with Gasteiger partial charge in [-0.2, -0.15) is 0 Å². The molecule has 0 unspecified atom stereocenters. The molecule has 2 aromatic rings. The number of ether oxygens (including phenoxy) is 4. The van der Waals surface area contributed by atoms with Crippen molar-refractivity contribution in [1.29, 1.82) is 0 Å². The number of benzene rings is 2. The topological polar surface area (TPSA) is 89.6 Å². The van der Waals surface area contributed by atoms with Crippen LogP contribution in [0.3, 0.4) is 0 Å². The number of nitrogens with zero attached hydrogens (tertiary/aromatic N) is 2. The van der Waals surface area contributed by atoms with Gasteiger partial charge in [-0.05, 0) is 62.2 Å². The monoisotopic (exact) mass is 511 g/mol. The molecule has 0 saturated carbocycles. The number of methoxy groups -OCH3 is 1. The largest absolute Gasteiger partial charge is 0.491 e. The summed E-state index contributed by atoms with van der Waals surface area (Å²) in [4.78, 5) is 30.6. The van der Waals surface area contributed by atoms with Crippen LogP contribution in [-0.4, -0.2) is 81.0 Å². The minimum absolute atomic E-state index is 0.113. The van der Waals surface area contributed by atoms with E-state index in [4.69, 9.17) is 18.9 Å². The third kappa shape index (κ3) is 6.17. The average molecular weight is 512 g/mol. The van der Waals surface area contributed by atoms with E-state index in [-0.39, 0.29) is 36.7 Å². The first-order chi connectivity index (χ1) is 17.8. The zero-order valence-corrected chi connectivity index (χ0v) is 22.3. The molecule has 4 rings (SSSR count). The van der Waals surface area contributed by atoms with Crippen LogP contribution < -0.4 is 19.5 Å². The first-order valence-electron chi connectivity index (χ1n) is 12.8. The van der Waals surface area contributed by atoms with Gasteiger partial charge in [-0.1, -0.05) is 13.8 Å². The third-order valence-corrected chi connectivity index (χ3v) is 6.98. The Morgan fingerprint density at radius 1 is 1.05 bits per heavy atom. The standard InChI is InChI=1S/C28H37N3O6/c1-6-11-31-14-18(2)26(34-5)15-30(4)28(33)22-13-21(8-10-23(22)35-16-19(31)3)29-27(32)20-7-9-24-25(12-20)37-17-36-24/h7-10,12-13,18-19,26H,6,11,14-17H2,1-5H3,(H,29,32)/t18-,19-,26-/m1/s1.